The van der Waals surface area contributed by atoms with Crippen molar-refractivity contribution in [2.45, 2.75) is 0 Å². The predicted octanol–water partition coefficient (Wildman–Crippen LogP) is 26.6. The van der Waals surface area contributed by atoms with E-state index >= 15 is 0 Å². The van der Waals surface area contributed by atoms with Crippen LogP contribution in [0.3, 0.4) is 0 Å². The zero-order valence-corrected chi connectivity index (χ0v) is 58.7. The van der Waals surface area contributed by atoms with Gasteiger partial charge in [-0.05, 0) is 155 Å². The number of hydrogen-bond donors (Lipinski definition) is 0. The molecule has 0 radical (unpaired) electrons. The van der Waals surface area contributed by atoms with Crippen molar-refractivity contribution in [2.24, 2.45) is 0 Å². The Morgan fingerprint density at radius 2 is 0.611 bits per heavy atom. The van der Waals surface area contributed by atoms with Crippen molar-refractivity contribution in [2.75, 3.05) is 0 Å². The van der Waals surface area contributed by atoms with Crippen LogP contribution in [-0.2, 0) is 0 Å². The van der Waals surface area contributed by atoms with Gasteiger partial charge in [0.15, 0.2) is 5.58 Å². The van der Waals surface area contributed by atoms with E-state index < -0.39 is 0 Å². The first-order valence-electron chi connectivity index (χ1n) is 36.3. The molecule has 10 heterocycles. The third-order valence-corrected chi connectivity index (χ3v) is 22.4. The summed E-state index contributed by atoms with van der Waals surface area (Å²) in [6.45, 7) is 0. The van der Waals surface area contributed by atoms with Crippen molar-refractivity contribution >= 4 is 174 Å². The summed E-state index contributed by atoms with van der Waals surface area (Å²) < 4.78 is 21.8. The Labute approximate surface area is 620 Å². The molecule has 9 nitrogen and oxygen atoms in total. The van der Waals surface area contributed by atoms with Crippen LogP contribution in [0.1, 0.15) is 0 Å². The van der Waals surface area contributed by atoms with E-state index in [1.807, 2.05) is 59.9 Å². The number of para-hydroxylation sites is 6. The van der Waals surface area contributed by atoms with Gasteiger partial charge in [0.1, 0.15) is 22.3 Å². The molecule has 0 spiro atoms. The summed E-state index contributed by atoms with van der Waals surface area (Å²) in [6, 6.07) is 126. The Morgan fingerprint density at radius 3 is 1.23 bits per heavy atom. The molecule has 108 heavy (non-hydrogen) atoms. The van der Waals surface area contributed by atoms with Crippen molar-refractivity contribution in [1.82, 2.24) is 33.6 Å². The van der Waals surface area contributed by atoms with Crippen LogP contribution in [0, 0.1) is 0 Å². The molecule has 0 N–H and O–H groups in total. The minimum Gasteiger partial charge on any atom is -0.456 e. The molecule has 0 aliphatic rings. The van der Waals surface area contributed by atoms with E-state index in [0.29, 0.717) is 0 Å². The first kappa shape index (κ1) is 61.2. The average molecular weight is 1400 g/mol. The molecule has 24 rings (SSSR count). The van der Waals surface area contributed by atoms with Crippen LogP contribution in [0.15, 0.2) is 367 Å². The van der Waals surface area contributed by atoms with Crippen molar-refractivity contribution in [3.63, 3.8) is 0 Å². The van der Waals surface area contributed by atoms with E-state index in [-0.39, 0.29) is 0 Å². The third-order valence-electron chi connectivity index (χ3n) is 21.2. The number of thiophene rings is 1. The van der Waals surface area contributed by atoms with Crippen LogP contribution in [0.4, 0.5) is 0 Å². The lowest BCUT2D eigenvalue weighted by Gasteiger charge is -2.14. The van der Waals surface area contributed by atoms with Gasteiger partial charge in [0.05, 0.1) is 71.7 Å². The fourth-order valence-corrected chi connectivity index (χ4v) is 17.4. The lowest BCUT2D eigenvalue weighted by molar-refractivity contribution is 0.668. The van der Waals surface area contributed by atoms with Crippen LogP contribution in [0.5, 0.6) is 0 Å². The molecule has 0 bridgehead atoms. The largest absolute Gasteiger partial charge is 0.456 e. The molecular weight excluding hydrogens is 1340 g/mol. The molecule has 10 aromatic heterocycles. The number of benzene rings is 14. The molecule has 0 amide bonds. The second-order valence-corrected chi connectivity index (χ2v) is 28.7. The molecule has 0 aliphatic heterocycles. The van der Waals surface area contributed by atoms with E-state index in [1.54, 1.807) is 0 Å². The van der Waals surface area contributed by atoms with Crippen molar-refractivity contribution < 1.29 is 8.83 Å². The minimum absolute atomic E-state index is 0.759. The Balaban J connectivity index is 0.000000102. The molecule has 10 heteroatoms. The van der Waals surface area contributed by atoms with Gasteiger partial charge >= 0.3 is 0 Å². The van der Waals surface area contributed by atoms with Gasteiger partial charge in [-0.25, -0.2) is 19.9 Å². The van der Waals surface area contributed by atoms with Crippen molar-refractivity contribution in [1.29, 1.82) is 0 Å². The number of furan rings is 2. The summed E-state index contributed by atoms with van der Waals surface area (Å²) in [5.74, 6) is 0. The standard InChI is InChI=1S/C39H24N2S.C32H19N3O.C27H16N2O/c1-3-11-25(12-4-1)27-19-28(26-13-5-2-6-14-26)21-30(20-27)41-35-17-9-7-16-32(35)39-36(41)23-29-22-33-31-15-8-10-18-37(31)42-38(33)24-34(29)40-39;1-2-9-20(10-3-1)21-11-8-12-22(17-21)35-27-15-6-4-13-23(27)31-28(35)18-25-26(33-31)19-30-32(34-25)24-14-5-7-16-29(24)36-30;1-2-8-18(9-3-1)29-23-12-6-4-11-20(23)27-24(29)15-17-14-21-19-10-5-7-13-25(19)30-26(21)16-22(17)28-27/h1-24H;1-19H;1-16H. The monoisotopic (exact) mass is 1400 g/mol. The quantitative estimate of drug-likeness (QED) is 0.165. The lowest BCUT2D eigenvalue weighted by Crippen LogP contribution is -1.96. The van der Waals surface area contributed by atoms with Gasteiger partial charge in [0.25, 0.3) is 0 Å². The molecule has 0 saturated carbocycles. The van der Waals surface area contributed by atoms with Gasteiger partial charge < -0.3 is 22.5 Å². The normalized spacial score (nSPS) is 11.9. The number of hydrogen-bond acceptors (Lipinski definition) is 7. The van der Waals surface area contributed by atoms with Crippen LogP contribution in [0.2, 0.25) is 0 Å². The molecule has 0 saturated heterocycles. The Morgan fingerprint density at radius 1 is 0.204 bits per heavy atom. The second kappa shape index (κ2) is 24.7. The summed E-state index contributed by atoms with van der Waals surface area (Å²) in [5, 5.41) is 11.6. The lowest BCUT2D eigenvalue weighted by atomic mass is 9.98. The number of rotatable bonds is 6. The fourth-order valence-electron chi connectivity index (χ4n) is 16.3. The molecular formula is C98H59N7O2S. The highest BCUT2D eigenvalue weighted by molar-refractivity contribution is 7.25. The predicted molar refractivity (Wildman–Crippen MR) is 450 cm³/mol. The highest BCUT2D eigenvalue weighted by atomic mass is 32.1. The maximum Gasteiger partial charge on any atom is 0.156 e. The van der Waals surface area contributed by atoms with E-state index in [1.165, 1.54) is 53.6 Å². The zero-order chi connectivity index (χ0) is 70.9. The summed E-state index contributed by atoms with van der Waals surface area (Å²) in [4.78, 5) is 20.5. The highest BCUT2D eigenvalue weighted by Gasteiger charge is 2.22. The smallest absolute Gasteiger partial charge is 0.156 e. The summed E-state index contributed by atoms with van der Waals surface area (Å²) in [5.41, 5.74) is 28.2. The first-order valence-corrected chi connectivity index (χ1v) is 37.1. The van der Waals surface area contributed by atoms with Gasteiger partial charge in [-0.2, -0.15) is 0 Å². The second-order valence-electron chi connectivity index (χ2n) is 27.6. The summed E-state index contributed by atoms with van der Waals surface area (Å²) in [7, 11) is 0. The topological polar surface area (TPSA) is 92.6 Å². The number of nitrogens with zero attached hydrogens (tertiary/aromatic N) is 7. The Bertz CT molecular complexity index is 7690. The minimum atomic E-state index is 0.759. The van der Waals surface area contributed by atoms with E-state index in [2.05, 4.69) is 323 Å². The van der Waals surface area contributed by atoms with Gasteiger partial charge in [-0.15, -0.1) is 11.3 Å². The van der Waals surface area contributed by atoms with Crippen LogP contribution in [0.25, 0.3) is 213 Å². The van der Waals surface area contributed by atoms with Crippen molar-refractivity contribution in [3.8, 4) is 50.4 Å². The van der Waals surface area contributed by atoms with Crippen LogP contribution in [-0.4, -0.2) is 33.6 Å². The number of fused-ring (bicyclic) bond motifs is 21. The average Bonchev–Trinajstić information content (AvgIpc) is 1.58. The number of pyridine rings is 4. The Hall–Kier alpha value is -14.3. The van der Waals surface area contributed by atoms with Crippen LogP contribution < -0.4 is 0 Å². The van der Waals surface area contributed by atoms with E-state index in [9.17, 15) is 0 Å². The first-order chi connectivity index (χ1) is 53.5. The zero-order valence-electron chi connectivity index (χ0n) is 57.9. The maximum absolute atomic E-state index is 6.09. The summed E-state index contributed by atoms with van der Waals surface area (Å²) >= 11 is 1.84. The van der Waals surface area contributed by atoms with Crippen molar-refractivity contribution in [3.05, 3.63) is 358 Å². The SMILES string of the molecule is c1ccc(-c2cc(-c3ccccc3)cc(-n3c4ccccc4c4nc5cc6sc7ccccc7c6cc5cc43)c2)cc1.c1ccc(-c2cccc(-n3c4ccccc4c4nc5cc6oc7ccccc7c6nc5cc43)c2)cc1.c1ccc(-n2c3ccccc3c3nc4cc5oc6ccccc6c5cc4cc32)cc1. The third kappa shape index (κ3) is 10.1. The molecule has 0 atom stereocenters. The molecule has 0 aliphatic carbocycles. The molecule has 14 aromatic carbocycles. The molecule has 504 valence electrons. The van der Waals surface area contributed by atoms with Gasteiger partial charge in [-0.3, -0.25) is 0 Å². The van der Waals surface area contributed by atoms with Gasteiger partial charge in [0.2, 0.25) is 0 Å². The molecule has 24 aromatic rings. The van der Waals surface area contributed by atoms with Gasteiger partial charge in [0, 0.05) is 92.5 Å². The highest BCUT2D eigenvalue weighted by Crippen LogP contribution is 2.43. The maximum atomic E-state index is 6.09. The Kier molecular flexibility index (Phi) is 14.0. The fraction of sp³-hybridized carbons (Fsp3) is 0. The number of aromatic nitrogens is 7. The molecule has 0 unspecified atom stereocenters. The van der Waals surface area contributed by atoms with Crippen LogP contribution >= 0.6 is 11.3 Å². The van der Waals surface area contributed by atoms with Gasteiger partial charge in [-0.1, -0.05) is 224 Å². The summed E-state index contributed by atoms with van der Waals surface area (Å²) in [6.07, 6.45) is 0. The van der Waals surface area contributed by atoms with E-state index in [0.717, 1.165) is 160 Å². The van der Waals surface area contributed by atoms with E-state index in [4.69, 9.17) is 28.8 Å². The molecule has 0 fully saturated rings.